The quantitative estimate of drug-likeness (QED) is 0.847. The molecule has 0 fully saturated rings. The second-order valence-corrected chi connectivity index (χ2v) is 4.59. The second-order valence-electron chi connectivity index (χ2n) is 4.59. The molecule has 0 saturated carbocycles. The van der Waals surface area contributed by atoms with Crippen molar-refractivity contribution in [1.29, 1.82) is 0 Å². The Bertz CT molecular complexity index is 468. The van der Waals surface area contributed by atoms with Crippen LogP contribution in [0.15, 0.2) is 30.3 Å². The summed E-state index contributed by atoms with van der Waals surface area (Å²) in [4.78, 5) is 0. The fourth-order valence-corrected chi connectivity index (χ4v) is 1.83. The molecule has 1 aromatic carbocycles. The molecule has 1 aromatic heterocycles. The first-order chi connectivity index (χ1) is 8.20. The van der Waals surface area contributed by atoms with Gasteiger partial charge in [0, 0.05) is 17.7 Å². The number of hydrogen-bond donors (Lipinski definition) is 2. The Morgan fingerprint density at radius 3 is 2.53 bits per heavy atom. The highest BCUT2D eigenvalue weighted by atomic mass is 15.1. The number of aromatic nitrogens is 2. The predicted molar refractivity (Wildman–Crippen MR) is 70.9 cm³/mol. The van der Waals surface area contributed by atoms with Crippen LogP contribution in [0.3, 0.4) is 0 Å². The van der Waals surface area contributed by atoms with E-state index in [1.807, 2.05) is 0 Å². The molecule has 3 N–H and O–H groups in total. The van der Waals surface area contributed by atoms with Crippen LogP contribution in [0, 0.1) is 0 Å². The minimum Gasteiger partial charge on any atom is -0.330 e. The van der Waals surface area contributed by atoms with Crippen molar-refractivity contribution < 1.29 is 0 Å². The van der Waals surface area contributed by atoms with Crippen LogP contribution in [0.4, 0.5) is 0 Å². The lowest BCUT2D eigenvalue weighted by Crippen LogP contribution is -2.02. The number of H-pyrrole nitrogens is 1. The van der Waals surface area contributed by atoms with Gasteiger partial charge in [-0.05, 0) is 24.1 Å². The van der Waals surface area contributed by atoms with Crippen molar-refractivity contribution in [2.75, 3.05) is 6.54 Å². The Hall–Kier alpha value is -1.61. The molecule has 0 atom stereocenters. The van der Waals surface area contributed by atoms with E-state index in [9.17, 15) is 0 Å². The predicted octanol–water partition coefficient (Wildman–Crippen LogP) is 2.70. The number of nitrogens with two attached hydrogens (primary N) is 1. The van der Waals surface area contributed by atoms with E-state index in [4.69, 9.17) is 5.73 Å². The zero-order valence-corrected chi connectivity index (χ0v) is 10.4. The molecule has 0 unspecified atom stereocenters. The fourth-order valence-electron chi connectivity index (χ4n) is 1.83. The molecule has 0 aliphatic carbocycles. The Morgan fingerprint density at radius 1 is 1.24 bits per heavy atom. The van der Waals surface area contributed by atoms with E-state index < -0.39 is 0 Å². The number of aromatic amines is 1. The summed E-state index contributed by atoms with van der Waals surface area (Å²) in [5, 5.41) is 7.31. The third-order valence-electron chi connectivity index (χ3n) is 2.92. The van der Waals surface area contributed by atoms with Crippen molar-refractivity contribution in [3.8, 4) is 11.3 Å². The maximum Gasteiger partial charge on any atom is 0.0923 e. The van der Waals surface area contributed by atoms with E-state index in [-0.39, 0.29) is 0 Å². The number of benzene rings is 1. The van der Waals surface area contributed by atoms with Gasteiger partial charge in [0.2, 0.25) is 0 Å². The van der Waals surface area contributed by atoms with E-state index in [1.54, 1.807) is 0 Å². The van der Waals surface area contributed by atoms with Gasteiger partial charge in [-0.2, -0.15) is 5.10 Å². The normalized spacial score (nSPS) is 11.1. The molecule has 3 heteroatoms. The highest BCUT2D eigenvalue weighted by Crippen LogP contribution is 2.21. The summed E-state index contributed by atoms with van der Waals surface area (Å²) in [7, 11) is 0. The molecule has 17 heavy (non-hydrogen) atoms. The van der Waals surface area contributed by atoms with Crippen LogP contribution in [0.1, 0.15) is 31.0 Å². The van der Waals surface area contributed by atoms with Crippen molar-refractivity contribution in [1.82, 2.24) is 10.2 Å². The average molecular weight is 229 g/mol. The smallest absolute Gasteiger partial charge is 0.0923 e. The third kappa shape index (κ3) is 2.74. The van der Waals surface area contributed by atoms with Gasteiger partial charge in [0.15, 0.2) is 0 Å². The first-order valence-corrected chi connectivity index (χ1v) is 6.05. The highest BCUT2D eigenvalue weighted by molar-refractivity contribution is 5.59. The van der Waals surface area contributed by atoms with E-state index >= 15 is 0 Å². The van der Waals surface area contributed by atoms with Crippen LogP contribution in [0.5, 0.6) is 0 Å². The van der Waals surface area contributed by atoms with E-state index in [0.717, 1.165) is 23.4 Å². The molecule has 0 saturated heterocycles. The standard InChI is InChI=1S/C14H19N3/c1-10(2)11-3-5-12(6-4-11)14-9-13(7-8-15)16-17-14/h3-6,9-10H,7-8,15H2,1-2H3,(H,16,17). The first kappa shape index (κ1) is 11.9. The Morgan fingerprint density at radius 2 is 1.94 bits per heavy atom. The number of nitrogens with zero attached hydrogens (tertiary/aromatic N) is 1. The van der Waals surface area contributed by atoms with Gasteiger partial charge in [-0.1, -0.05) is 38.1 Å². The topological polar surface area (TPSA) is 54.7 Å². The summed E-state index contributed by atoms with van der Waals surface area (Å²) in [5.74, 6) is 0.566. The lowest BCUT2D eigenvalue weighted by atomic mass is 10.0. The summed E-state index contributed by atoms with van der Waals surface area (Å²) in [5.41, 5.74) is 10.1. The molecule has 1 heterocycles. The lowest BCUT2D eigenvalue weighted by molar-refractivity contribution is 0.867. The molecule has 3 nitrogen and oxygen atoms in total. The number of rotatable bonds is 4. The molecule has 0 aliphatic rings. The molecule has 2 aromatic rings. The number of nitrogens with one attached hydrogen (secondary N) is 1. The van der Waals surface area contributed by atoms with Gasteiger partial charge in [-0.15, -0.1) is 0 Å². The van der Waals surface area contributed by atoms with E-state index in [2.05, 4.69) is 54.4 Å². The van der Waals surface area contributed by atoms with E-state index in [1.165, 1.54) is 5.56 Å². The van der Waals surface area contributed by atoms with Gasteiger partial charge in [0.1, 0.15) is 0 Å². The molecular formula is C14H19N3. The van der Waals surface area contributed by atoms with Crippen molar-refractivity contribution in [2.24, 2.45) is 5.73 Å². The monoisotopic (exact) mass is 229 g/mol. The Kier molecular flexibility index (Phi) is 3.59. The lowest BCUT2D eigenvalue weighted by Gasteiger charge is -2.05. The Balaban J connectivity index is 2.21. The molecule has 90 valence electrons. The van der Waals surface area contributed by atoms with Crippen molar-refractivity contribution in [3.63, 3.8) is 0 Å². The first-order valence-electron chi connectivity index (χ1n) is 6.05. The van der Waals surface area contributed by atoms with E-state index in [0.29, 0.717) is 12.5 Å². The summed E-state index contributed by atoms with van der Waals surface area (Å²) < 4.78 is 0. The van der Waals surface area contributed by atoms with Crippen LogP contribution >= 0.6 is 0 Å². The van der Waals surface area contributed by atoms with Gasteiger partial charge in [0.05, 0.1) is 5.69 Å². The summed E-state index contributed by atoms with van der Waals surface area (Å²) in [6.07, 6.45) is 0.844. The van der Waals surface area contributed by atoms with Crippen LogP contribution < -0.4 is 5.73 Å². The zero-order valence-electron chi connectivity index (χ0n) is 10.4. The molecule has 0 amide bonds. The molecule has 0 radical (unpaired) electrons. The molecule has 0 aliphatic heterocycles. The van der Waals surface area contributed by atoms with Gasteiger partial charge in [-0.3, -0.25) is 5.10 Å². The SMILES string of the molecule is CC(C)c1ccc(-c2cc(CCN)[nH]n2)cc1. The van der Waals surface area contributed by atoms with Crippen LogP contribution in [0.2, 0.25) is 0 Å². The highest BCUT2D eigenvalue weighted by Gasteiger charge is 2.04. The van der Waals surface area contributed by atoms with Crippen LogP contribution in [-0.4, -0.2) is 16.7 Å². The maximum absolute atomic E-state index is 5.51. The van der Waals surface area contributed by atoms with Gasteiger partial charge in [0.25, 0.3) is 0 Å². The van der Waals surface area contributed by atoms with Gasteiger partial charge in [-0.25, -0.2) is 0 Å². The van der Waals surface area contributed by atoms with Crippen LogP contribution in [0.25, 0.3) is 11.3 Å². The fraction of sp³-hybridized carbons (Fsp3) is 0.357. The molecule has 0 spiro atoms. The number of hydrogen-bond acceptors (Lipinski definition) is 2. The minimum atomic E-state index is 0.566. The largest absolute Gasteiger partial charge is 0.330 e. The maximum atomic E-state index is 5.51. The zero-order chi connectivity index (χ0) is 12.3. The van der Waals surface area contributed by atoms with Crippen molar-refractivity contribution >= 4 is 0 Å². The van der Waals surface area contributed by atoms with Crippen LogP contribution in [-0.2, 0) is 6.42 Å². The summed E-state index contributed by atoms with van der Waals surface area (Å²) in [6, 6.07) is 10.6. The average Bonchev–Trinajstić information content (AvgIpc) is 2.78. The van der Waals surface area contributed by atoms with Gasteiger partial charge >= 0.3 is 0 Å². The van der Waals surface area contributed by atoms with Crippen molar-refractivity contribution in [2.45, 2.75) is 26.2 Å². The summed E-state index contributed by atoms with van der Waals surface area (Å²) in [6.45, 7) is 5.04. The molecular weight excluding hydrogens is 210 g/mol. The molecule has 2 rings (SSSR count). The second kappa shape index (κ2) is 5.15. The Labute approximate surface area is 102 Å². The summed E-state index contributed by atoms with van der Waals surface area (Å²) >= 11 is 0. The minimum absolute atomic E-state index is 0.566. The van der Waals surface area contributed by atoms with Gasteiger partial charge < -0.3 is 5.73 Å². The third-order valence-corrected chi connectivity index (χ3v) is 2.92. The van der Waals surface area contributed by atoms with Crippen molar-refractivity contribution in [3.05, 3.63) is 41.6 Å². The molecule has 0 bridgehead atoms.